The Kier molecular flexibility index (Phi) is 7.83. The predicted molar refractivity (Wildman–Crippen MR) is 135 cm³/mol. The average Bonchev–Trinajstić information content (AvgIpc) is 3.19. The molecule has 0 radical (unpaired) electrons. The van der Waals surface area contributed by atoms with E-state index in [1.807, 2.05) is 42.5 Å². The van der Waals surface area contributed by atoms with E-state index in [2.05, 4.69) is 14.9 Å². The van der Waals surface area contributed by atoms with Gasteiger partial charge in [0.25, 0.3) is 0 Å². The summed E-state index contributed by atoms with van der Waals surface area (Å²) in [5, 5.41) is 0. The highest BCUT2D eigenvalue weighted by Gasteiger charge is 2.24. The summed E-state index contributed by atoms with van der Waals surface area (Å²) in [6.45, 7) is 8.52. The summed E-state index contributed by atoms with van der Waals surface area (Å²) in [6, 6.07) is 9.12. The summed E-state index contributed by atoms with van der Waals surface area (Å²) in [7, 11) is -1.64. The van der Waals surface area contributed by atoms with Crippen molar-refractivity contribution in [3.8, 4) is 0 Å². The Morgan fingerprint density at radius 2 is 1.71 bits per heavy atom. The number of imidazole rings is 1. The van der Waals surface area contributed by atoms with Crippen LogP contribution in [0.3, 0.4) is 0 Å². The zero-order valence-corrected chi connectivity index (χ0v) is 21.5. The topological polar surface area (TPSA) is 91.6 Å². The van der Waals surface area contributed by atoms with E-state index in [0.29, 0.717) is 31.4 Å². The molecule has 0 aliphatic carbocycles. The normalized spacial score (nSPS) is 15.3. The Balaban J connectivity index is 1.36. The molecule has 3 heterocycles. The van der Waals surface area contributed by atoms with Crippen LogP contribution in [0.5, 0.6) is 0 Å². The summed E-state index contributed by atoms with van der Waals surface area (Å²) in [5.41, 5.74) is 2.72. The number of piperazine rings is 1. The smallest absolute Gasteiger partial charge is 0.243 e. The van der Waals surface area contributed by atoms with Crippen LogP contribution in [0, 0.1) is 0 Å². The lowest BCUT2D eigenvalue weighted by Crippen LogP contribution is -2.48. The van der Waals surface area contributed by atoms with Gasteiger partial charge in [0, 0.05) is 78.1 Å². The Labute approximate surface area is 207 Å². The second-order valence-electron chi connectivity index (χ2n) is 8.84. The van der Waals surface area contributed by atoms with Crippen molar-refractivity contribution in [2.75, 3.05) is 39.3 Å². The minimum absolute atomic E-state index is 0.130. The van der Waals surface area contributed by atoms with Gasteiger partial charge in [-0.2, -0.15) is 4.31 Å². The van der Waals surface area contributed by atoms with Crippen LogP contribution >= 0.6 is 0 Å². The fourth-order valence-electron chi connectivity index (χ4n) is 4.60. The molecule has 0 atom stereocenters. The van der Waals surface area contributed by atoms with E-state index < -0.39 is 10.0 Å². The first kappa shape index (κ1) is 25.3. The molecule has 2 aromatic heterocycles. The summed E-state index contributed by atoms with van der Waals surface area (Å²) in [5.74, 6) is 0.910. The summed E-state index contributed by atoms with van der Waals surface area (Å²) < 4.78 is 29.1. The Morgan fingerprint density at radius 3 is 2.37 bits per heavy atom. The fraction of sp³-hybridized carbons (Fsp3) is 0.480. The van der Waals surface area contributed by atoms with E-state index in [4.69, 9.17) is 0 Å². The van der Waals surface area contributed by atoms with E-state index in [9.17, 15) is 13.2 Å². The molecule has 0 N–H and O–H groups in total. The van der Waals surface area contributed by atoms with E-state index in [0.717, 1.165) is 44.1 Å². The number of rotatable bonds is 9. The maximum atomic E-state index is 12.9. The van der Waals surface area contributed by atoms with Crippen molar-refractivity contribution in [2.24, 2.45) is 7.05 Å². The van der Waals surface area contributed by atoms with Crippen molar-refractivity contribution >= 4 is 27.0 Å². The van der Waals surface area contributed by atoms with E-state index in [-0.39, 0.29) is 10.8 Å². The highest BCUT2D eigenvalue weighted by Crippen LogP contribution is 2.23. The second kappa shape index (κ2) is 10.8. The van der Waals surface area contributed by atoms with Crippen molar-refractivity contribution in [3.05, 3.63) is 54.1 Å². The Bertz CT molecular complexity index is 1260. The summed E-state index contributed by atoms with van der Waals surface area (Å²) >= 11 is 0. The largest absolute Gasteiger partial charge is 0.340 e. The lowest BCUT2D eigenvalue weighted by atomic mass is 10.2. The highest BCUT2D eigenvalue weighted by atomic mass is 32.2. The summed E-state index contributed by atoms with van der Waals surface area (Å²) in [6.07, 6.45) is 4.51. The molecule has 0 saturated carbocycles. The number of aromatic nitrogens is 3. The predicted octanol–water partition coefficient (Wildman–Crippen LogP) is 2.28. The minimum atomic E-state index is -3.54. The lowest BCUT2D eigenvalue weighted by molar-refractivity contribution is -0.133. The minimum Gasteiger partial charge on any atom is -0.340 e. The first-order chi connectivity index (χ1) is 16.8. The molecule has 1 fully saturated rings. The molecule has 3 aromatic rings. The molecule has 1 saturated heterocycles. The van der Waals surface area contributed by atoms with Gasteiger partial charge >= 0.3 is 0 Å². The molecular formula is C25H34N6O3S. The SMILES string of the molecule is CCN(CC)S(=O)(=O)c1ccc2c(c1)nc(CCC(=O)N1CCN(Cc3ccncc3)CC1)n2C. The first-order valence-electron chi connectivity index (χ1n) is 12.2. The van der Waals surface area contributed by atoms with Crippen molar-refractivity contribution in [1.29, 1.82) is 0 Å². The van der Waals surface area contributed by atoms with Crippen LogP contribution in [0.4, 0.5) is 0 Å². The molecule has 1 aliphatic rings. The van der Waals surface area contributed by atoms with E-state index in [1.165, 1.54) is 9.87 Å². The number of fused-ring (bicyclic) bond motifs is 1. The molecule has 4 rings (SSSR count). The second-order valence-corrected chi connectivity index (χ2v) is 10.8. The number of benzene rings is 1. The zero-order valence-electron chi connectivity index (χ0n) is 20.7. The lowest BCUT2D eigenvalue weighted by Gasteiger charge is -2.34. The molecule has 188 valence electrons. The Morgan fingerprint density at radius 1 is 1.03 bits per heavy atom. The number of hydrogen-bond donors (Lipinski definition) is 0. The molecule has 1 aromatic carbocycles. The van der Waals surface area contributed by atoms with Crippen molar-refractivity contribution in [3.63, 3.8) is 0 Å². The van der Waals surface area contributed by atoms with Gasteiger partial charge < -0.3 is 9.47 Å². The van der Waals surface area contributed by atoms with Crippen LogP contribution in [0.1, 0.15) is 31.7 Å². The van der Waals surface area contributed by atoms with Crippen LogP contribution in [-0.4, -0.2) is 82.2 Å². The molecule has 0 bridgehead atoms. The van der Waals surface area contributed by atoms with Gasteiger partial charge in [0.1, 0.15) is 5.82 Å². The molecule has 1 aliphatic heterocycles. The third-order valence-electron chi connectivity index (χ3n) is 6.73. The average molecular weight is 499 g/mol. The van der Waals surface area contributed by atoms with Crippen molar-refractivity contribution < 1.29 is 13.2 Å². The van der Waals surface area contributed by atoms with Gasteiger partial charge in [-0.25, -0.2) is 13.4 Å². The number of carbonyl (C=O) groups excluding carboxylic acids is 1. The molecule has 1 amide bonds. The van der Waals surface area contributed by atoms with Crippen LogP contribution in [0.25, 0.3) is 11.0 Å². The van der Waals surface area contributed by atoms with Crippen molar-refractivity contribution in [1.82, 2.24) is 28.6 Å². The molecule has 0 spiro atoms. The highest BCUT2D eigenvalue weighted by molar-refractivity contribution is 7.89. The maximum Gasteiger partial charge on any atom is 0.243 e. The fourth-order valence-corrected chi connectivity index (χ4v) is 6.08. The van der Waals surface area contributed by atoms with Gasteiger partial charge in [-0.1, -0.05) is 13.8 Å². The monoisotopic (exact) mass is 498 g/mol. The van der Waals surface area contributed by atoms with Gasteiger partial charge in [0.2, 0.25) is 15.9 Å². The third kappa shape index (κ3) is 5.55. The quantitative estimate of drug-likeness (QED) is 0.450. The van der Waals surface area contributed by atoms with E-state index in [1.54, 1.807) is 30.6 Å². The van der Waals surface area contributed by atoms with E-state index >= 15 is 0 Å². The molecule has 10 heteroatoms. The number of hydrogen-bond acceptors (Lipinski definition) is 6. The molecule has 35 heavy (non-hydrogen) atoms. The number of pyridine rings is 1. The third-order valence-corrected chi connectivity index (χ3v) is 8.78. The number of nitrogens with zero attached hydrogens (tertiary/aromatic N) is 6. The van der Waals surface area contributed by atoms with Crippen molar-refractivity contribution in [2.45, 2.75) is 38.1 Å². The number of sulfonamides is 1. The maximum absolute atomic E-state index is 12.9. The molecular weight excluding hydrogens is 464 g/mol. The van der Waals surface area contributed by atoms with Gasteiger partial charge in [0.05, 0.1) is 15.9 Å². The van der Waals surface area contributed by atoms with Crippen LogP contribution in [-0.2, 0) is 34.8 Å². The van der Waals surface area contributed by atoms with Crippen LogP contribution in [0.15, 0.2) is 47.6 Å². The van der Waals surface area contributed by atoms with Crippen LogP contribution < -0.4 is 0 Å². The zero-order chi connectivity index (χ0) is 25.0. The molecule has 0 unspecified atom stereocenters. The molecule has 9 nitrogen and oxygen atoms in total. The number of carbonyl (C=O) groups is 1. The number of amides is 1. The van der Waals surface area contributed by atoms with Gasteiger partial charge in [-0.3, -0.25) is 14.7 Å². The van der Waals surface area contributed by atoms with Gasteiger partial charge in [-0.15, -0.1) is 0 Å². The number of aryl methyl sites for hydroxylation is 2. The standard InChI is InChI=1S/C25H34N6O3S/c1-4-31(5-2)35(33,34)21-6-7-23-22(18-21)27-24(28(23)3)8-9-25(32)30-16-14-29(15-17-30)19-20-10-12-26-13-11-20/h6-7,10-13,18H,4-5,8-9,14-17,19H2,1-3H3. The summed E-state index contributed by atoms with van der Waals surface area (Å²) in [4.78, 5) is 26.1. The van der Waals surface area contributed by atoms with Gasteiger partial charge in [-0.05, 0) is 35.9 Å². The first-order valence-corrected chi connectivity index (χ1v) is 13.6. The van der Waals surface area contributed by atoms with Gasteiger partial charge in [0.15, 0.2) is 0 Å². The van der Waals surface area contributed by atoms with Crippen LogP contribution in [0.2, 0.25) is 0 Å². The Hall–Kier alpha value is -2.82.